The Bertz CT molecular complexity index is 300. The average Bonchev–Trinajstić information content (AvgIpc) is 2.27. The molecular weight excluding hydrogens is 190 g/mol. The third-order valence-electron chi connectivity index (χ3n) is 2.01. The highest BCUT2D eigenvalue weighted by atomic mass is 16.5. The normalized spacial score (nSPS) is 9.80. The molecule has 0 fully saturated rings. The Balaban J connectivity index is 2.78. The van der Waals surface area contributed by atoms with Crippen molar-refractivity contribution in [1.82, 2.24) is 0 Å². The minimum atomic E-state index is 0.719. The third-order valence-corrected chi connectivity index (χ3v) is 2.01. The van der Waals surface area contributed by atoms with Crippen molar-refractivity contribution in [3.8, 4) is 11.5 Å². The molecule has 0 amide bonds. The Morgan fingerprint density at radius 1 is 1.20 bits per heavy atom. The van der Waals surface area contributed by atoms with Gasteiger partial charge in [0, 0.05) is 18.3 Å². The zero-order valence-electron chi connectivity index (χ0n) is 9.67. The van der Waals surface area contributed by atoms with E-state index in [-0.39, 0.29) is 0 Å². The van der Waals surface area contributed by atoms with Gasteiger partial charge in [-0.25, -0.2) is 0 Å². The van der Waals surface area contributed by atoms with E-state index in [1.165, 1.54) is 0 Å². The molecule has 0 aromatic heterocycles. The predicted molar refractivity (Wildman–Crippen MR) is 62.9 cm³/mol. The monoisotopic (exact) mass is 209 g/mol. The molecule has 3 heteroatoms. The molecule has 1 N–H and O–H groups in total. The van der Waals surface area contributed by atoms with E-state index in [2.05, 4.69) is 19.2 Å². The second-order valence-corrected chi connectivity index (χ2v) is 3.24. The number of nitrogens with one attached hydrogen (secondary N) is 1. The predicted octanol–water partition coefficient (Wildman–Crippen LogP) is 2.92. The molecule has 0 spiro atoms. The van der Waals surface area contributed by atoms with Gasteiger partial charge in [-0.15, -0.1) is 0 Å². The van der Waals surface area contributed by atoms with Gasteiger partial charge in [0.2, 0.25) is 0 Å². The van der Waals surface area contributed by atoms with Crippen LogP contribution >= 0.6 is 0 Å². The zero-order chi connectivity index (χ0) is 11.1. The Hall–Kier alpha value is -1.38. The van der Waals surface area contributed by atoms with Crippen LogP contribution in [-0.4, -0.2) is 20.3 Å². The van der Waals surface area contributed by atoms with Crippen molar-refractivity contribution in [1.29, 1.82) is 0 Å². The second-order valence-electron chi connectivity index (χ2n) is 3.24. The summed E-state index contributed by atoms with van der Waals surface area (Å²) in [5, 5.41) is 3.23. The van der Waals surface area contributed by atoms with Gasteiger partial charge in [-0.1, -0.05) is 6.92 Å². The first-order valence-corrected chi connectivity index (χ1v) is 5.36. The van der Waals surface area contributed by atoms with Gasteiger partial charge < -0.3 is 14.8 Å². The summed E-state index contributed by atoms with van der Waals surface area (Å²) in [6.07, 6.45) is 0.998. The minimum absolute atomic E-state index is 0.719. The molecule has 3 nitrogen and oxygen atoms in total. The quantitative estimate of drug-likeness (QED) is 0.781. The van der Waals surface area contributed by atoms with Gasteiger partial charge in [-0.2, -0.15) is 0 Å². The molecule has 0 bridgehead atoms. The standard InChI is InChI=1S/C12H19NO2/c1-4-8-15-11-7-6-10(13-5-2)9-12(11)14-3/h6-7,9,13H,4-5,8H2,1-3H3. The Labute approximate surface area is 91.4 Å². The Morgan fingerprint density at radius 2 is 2.00 bits per heavy atom. The highest BCUT2D eigenvalue weighted by molar-refractivity contribution is 5.54. The van der Waals surface area contributed by atoms with E-state index >= 15 is 0 Å². The maximum atomic E-state index is 5.56. The fourth-order valence-electron chi connectivity index (χ4n) is 1.31. The molecule has 0 aliphatic carbocycles. The van der Waals surface area contributed by atoms with Gasteiger partial charge in [-0.3, -0.25) is 0 Å². The van der Waals surface area contributed by atoms with E-state index < -0.39 is 0 Å². The molecular formula is C12H19NO2. The summed E-state index contributed by atoms with van der Waals surface area (Å²) in [4.78, 5) is 0. The lowest BCUT2D eigenvalue weighted by atomic mass is 10.2. The van der Waals surface area contributed by atoms with Crippen molar-refractivity contribution in [3.05, 3.63) is 18.2 Å². The Kier molecular flexibility index (Phi) is 4.81. The van der Waals surface area contributed by atoms with Crippen molar-refractivity contribution in [2.45, 2.75) is 20.3 Å². The summed E-state index contributed by atoms with van der Waals surface area (Å²) >= 11 is 0. The first kappa shape index (κ1) is 11.7. The van der Waals surface area contributed by atoms with Gasteiger partial charge in [0.05, 0.1) is 13.7 Å². The van der Waals surface area contributed by atoms with Crippen LogP contribution in [0.15, 0.2) is 18.2 Å². The lowest BCUT2D eigenvalue weighted by molar-refractivity contribution is 0.294. The van der Waals surface area contributed by atoms with Crippen molar-refractivity contribution in [2.24, 2.45) is 0 Å². The van der Waals surface area contributed by atoms with Crippen molar-refractivity contribution >= 4 is 5.69 Å². The highest BCUT2D eigenvalue weighted by Gasteiger charge is 2.04. The maximum absolute atomic E-state index is 5.56. The third kappa shape index (κ3) is 3.35. The van der Waals surface area contributed by atoms with Crippen LogP contribution in [0.3, 0.4) is 0 Å². The number of anilines is 1. The second kappa shape index (κ2) is 6.17. The molecule has 0 radical (unpaired) electrons. The van der Waals surface area contributed by atoms with E-state index in [0.717, 1.165) is 36.8 Å². The largest absolute Gasteiger partial charge is 0.493 e. The van der Waals surface area contributed by atoms with Gasteiger partial charge in [0.15, 0.2) is 11.5 Å². The van der Waals surface area contributed by atoms with Crippen LogP contribution in [-0.2, 0) is 0 Å². The van der Waals surface area contributed by atoms with Crippen LogP contribution in [0.2, 0.25) is 0 Å². The Morgan fingerprint density at radius 3 is 2.60 bits per heavy atom. The minimum Gasteiger partial charge on any atom is -0.493 e. The molecule has 0 atom stereocenters. The lowest BCUT2D eigenvalue weighted by Gasteiger charge is -2.12. The first-order chi connectivity index (χ1) is 7.31. The van der Waals surface area contributed by atoms with Crippen LogP contribution < -0.4 is 14.8 Å². The molecule has 0 heterocycles. The highest BCUT2D eigenvalue weighted by Crippen LogP contribution is 2.30. The zero-order valence-corrected chi connectivity index (χ0v) is 9.67. The van der Waals surface area contributed by atoms with Gasteiger partial charge in [-0.05, 0) is 25.5 Å². The lowest BCUT2D eigenvalue weighted by Crippen LogP contribution is -2.00. The number of hydrogen-bond donors (Lipinski definition) is 1. The molecule has 1 aromatic rings. The summed E-state index contributed by atoms with van der Waals surface area (Å²) in [6, 6.07) is 5.89. The SMILES string of the molecule is CCCOc1ccc(NCC)cc1OC. The van der Waals surface area contributed by atoms with Crippen molar-refractivity contribution < 1.29 is 9.47 Å². The average molecular weight is 209 g/mol. The summed E-state index contributed by atoms with van der Waals surface area (Å²) in [6.45, 7) is 5.77. The smallest absolute Gasteiger partial charge is 0.162 e. The van der Waals surface area contributed by atoms with Crippen LogP contribution in [0.4, 0.5) is 5.69 Å². The first-order valence-electron chi connectivity index (χ1n) is 5.36. The number of benzene rings is 1. The molecule has 0 aliphatic heterocycles. The van der Waals surface area contributed by atoms with E-state index in [9.17, 15) is 0 Å². The van der Waals surface area contributed by atoms with Crippen LogP contribution in [0.1, 0.15) is 20.3 Å². The van der Waals surface area contributed by atoms with E-state index in [4.69, 9.17) is 9.47 Å². The fourth-order valence-corrected chi connectivity index (χ4v) is 1.31. The maximum Gasteiger partial charge on any atom is 0.162 e. The molecule has 0 unspecified atom stereocenters. The van der Waals surface area contributed by atoms with Crippen LogP contribution in [0.5, 0.6) is 11.5 Å². The van der Waals surface area contributed by atoms with E-state index in [1.807, 2.05) is 18.2 Å². The van der Waals surface area contributed by atoms with Crippen molar-refractivity contribution in [3.63, 3.8) is 0 Å². The van der Waals surface area contributed by atoms with Crippen molar-refractivity contribution in [2.75, 3.05) is 25.6 Å². The summed E-state index contributed by atoms with van der Waals surface area (Å²) in [5.41, 5.74) is 1.05. The fraction of sp³-hybridized carbons (Fsp3) is 0.500. The molecule has 0 saturated carbocycles. The number of ether oxygens (including phenoxy) is 2. The molecule has 1 rings (SSSR count). The van der Waals surface area contributed by atoms with Crippen LogP contribution in [0, 0.1) is 0 Å². The summed E-state index contributed by atoms with van der Waals surface area (Å²) in [7, 11) is 1.66. The van der Waals surface area contributed by atoms with E-state index in [0.29, 0.717) is 0 Å². The number of hydrogen-bond acceptors (Lipinski definition) is 3. The molecule has 1 aromatic carbocycles. The van der Waals surface area contributed by atoms with Gasteiger partial charge in [0.25, 0.3) is 0 Å². The van der Waals surface area contributed by atoms with Gasteiger partial charge in [0.1, 0.15) is 0 Å². The molecule has 15 heavy (non-hydrogen) atoms. The van der Waals surface area contributed by atoms with E-state index in [1.54, 1.807) is 7.11 Å². The topological polar surface area (TPSA) is 30.5 Å². The molecule has 84 valence electrons. The van der Waals surface area contributed by atoms with Crippen LogP contribution in [0.25, 0.3) is 0 Å². The summed E-state index contributed by atoms with van der Waals surface area (Å²) in [5.74, 6) is 1.59. The number of methoxy groups -OCH3 is 1. The number of rotatable bonds is 6. The summed E-state index contributed by atoms with van der Waals surface area (Å²) < 4.78 is 10.8. The molecule has 0 saturated heterocycles. The molecule has 0 aliphatic rings. The van der Waals surface area contributed by atoms with Gasteiger partial charge >= 0.3 is 0 Å².